The Labute approximate surface area is 155 Å². The van der Waals surface area contributed by atoms with Gasteiger partial charge in [0, 0.05) is 12.2 Å². The molecule has 1 aliphatic rings. The van der Waals surface area contributed by atoms with Crippen LogP contribution in [0.4, 0.5) is 24.5 Å². The normalized spacial score (nSPS) is 18.1. The van der Waals surface area contributed by atoms with E-state index in [4.69, 9.17) is 0 Å². The molecule has 3 rings (SSSR count). The van der Waals surface area contributed by atoms with E-state index in [1.54, 1.807) is 4.90 Å². The molecule has 4 nitrogen and oxygen atoms in total. The highest BCUT2D eigenvalue weighted by atomic mass is 19.2. The fraction of sp³-hybridized carbons (Fsp3) is 0.300. The van der Waals surface area contributed by atoms with Gasteiger partial charge >= 0.3 is 0 Å². The summed E-state index contributed by atoms with van der Waals surface area (Å²) in [5.74, 6) is -6.34. The summed E-state index contributed by atoms with van der Waals surface area (Å²) in [6.45, 7) is 4.21. The van der Waals surface area contributed by atoms with E-state index in [0.717, 1.165) is 23.4 Å². The van der Waals surface area contributed by atoms with Gasteiger partial charge in [-0.1, -0.05) is 12.1 Å². The van der Waals surface area contributed by atoms with Crippen molar-refractivity contribution in [1.29, 1.82) is 0 Å². The van der Waals surface area contributed by atoms with Gasteiger partial charge in [0.1, 0.15) is 0 Å². The molecule has 142 valence electrons. The molecular formula is C20H19F3N2O2. The van der Waals surface area contributed by atoms with Gasteiger partial charge in [0.25, 0.3) is 0 Å². The molecule has 2 amide bonds. The Morgan fingerprint density at radius 3 is 2.52 bits per heavy atom. The zero-order chi connectivity index (χ0) is 19.7. The van der Waals surface area contributed by atoms with Crippen molar-refractivity contribution in [3.8, 4) is 0 Å². The zero-order valence-electron chi connectivity index (χ0n) is 14.9. The number of carbonyl (C=O) groups excluding carboxylic acids is 2. The average Bonchev–Trinajstić information content (AvgIpc) is 3.44. The number of benzene rings is 2. The van der Waals surface area contributed by atoms with E-state index in [0.29, 0.717) is 13.0 Å². The van der Waals surface area contributed by atoms with Crippen molar-refractivity contribution in [3.63, 3.8) is 0 Å². The summed E-state index contributed by atoms with van der Waals surface area (Å²) in [7, 11) is 0. The van der Waals surface area contributed by atoms with Crippen LogP contribution < -0.4 is 10.2 Å². The molecule has 0 heterocycles. The zero-order valence-corrected chi connectivity index (χ0v) is 14.9. The molecular weight excluding hydrogens is 357 g/mol. The second-order valence-electron chi connectivity index (χ2n) is 6.58. The summed E-state index contributed by atoms with van der Waals surface area (Å²) in [5.41, 5.74) is 1.32. The van der Waals surface area contributed by atoms with Crippen LogP contribution in [-0.2, 0) is 9.59 Å². The molecule has 1 saturated carbocycles. The standard InChI is InChI=1S/C20H19F3N2O2/c1-3-25(12-6-4-5-11(2)9-12)20(27)14-10-13(14)19(26)24-16-8-7-15(21)17(22)18(16)23/h4-9,13-14H,3,10H2,1-2H3,(H,24,26). The van der Waals surface area contributed by atoms with Crippen LogP contribution in [0.2, 0.25) is 0 Å². The van der Waals surface area contributed by atoms with Crippen molar-refractivity contribution in [1.82, 2.24) is 0 Å². The van der Waals surface area contributed by atoms with Crippen LogP contribution in [0.15, 0.2) is 36.4 Å². The number of rotatable bonds is 5. The first kappa shape index (κ1) is 18.9. The summed E-state index contributed by atoms with van der Waals surface area (Å²) in [4.78, 5) is 26.6. The van der Waals surface area contributed by atoms with Crippen molar-refractivity contribution < 1.29 is 22.8 Å². The van der Waals surface area contributed by atoms with Crippen LogP contribution in [0.1, 0.15) is 18.9 Å². The fourth-order valence-corrected chi connectivity index (χ4v) is 3.07. The minimum atomic E-state index is -1.65. The second kappa shape index (κ2) is 7.42. The Kier molecular flexibility index (Phi) is 5.21. The number of aryl methyl sites for hydroxylation is 1. The summed E-state index contributed by atoms with van der Waals surface area (Å²) >= 11 is 0. The molecule has 0 aromatic heterocycles. The Morgan fingerprint density at radius 1 is 1.11 bits per heavy atom. The van der Waals surface area contributed by atoms with Crippen molar-refractivity contribution >= 4 is 23.2 Å². The lowest BCUT2D eigenvalue weighted by Gasteiger charge is -2.21. The average molecular weight is 376 g/mol. The number of carbonyl (C=O) groups is 2. The monoisotopic (exact) mass is 376 g/mol. The van der Waals surface area contributed by atoms with Crippen LogP contribution in [0, 0.1) is 36.2 Å². The second-order valence-corrected chi connectivity index (χ2v) is 6.58. The van der Waals surface area contributed by atoms with Gasteiger partial charge in [-0.2, -0.15) is 0 Å². The molecule has 0 radical (unpaired) electrons. The van der Waals surface area contributed by atoms with Crippen molar-refractivity contribution in [3.05, 3.63) is 59.4 Å². The van der Waals surface area contributed by atoms with Gasteiger partial charge in [-0.25, -0.2) is 13.2 Å². The molecule has 7 heteroatoms. The third-order valence-electron chi connectivity index (χ3n) is 4.63. The summed E-state index contributed by atoms with van der Waals surface area (Å²) in [6.07, 6.45) is 0.332. The van der Waals surface area contributed by atoms with Gasteiger partial charge in [-0.3, -0.25) is 9.59 Å². The minimum Gasteiger partial charge on any atom is -0.323 e. The minimum absolute atomic E-state index is 0.186. The molecule has 2 aromatic carbocycles. The predicted octanol–water partition coefficient (Wildman–Crippen LogP) is 4.04. The molecule has 1 fully saturated rings. The number of nitrogens with one attached hydrogen (secondary N) is 1. The van der Waals surface area contributed by atoms with E-state index in [1.807, 2.05) is 38.1 Å². The van der Waals surface area contributed by atoms with E-state index in [9.17, 15) is 22.8 Å². The smallest absolute Gasteiger partial charge is 0.230 e. The van der Waals surface area contributed by atoms with Gasteiger partial charge in [0.15, 0.2) is 17.5 Å². The van der Waals surface area contributed by atoms with Gasteiger partial charge in [-0.15, -0.1) is 0 Å². The van der Waals surface area contributed by atoms with Crippen molar-refractivity contribution in [2.24, 2.45) is 11.8 Å². The first-order valence-electron chi connectivity index (χ1n) is 8.65. The third-order valence-corrected chi connectivity index (χ3v) is 4.63. The van der Waals surface area contributed by atoms with Gasteiger partial charge < -0.3 is 10.2 Å². The molecule has 0 aliphatic heterocycles. The Morgan fingerprint density at radius 2 is 1.85 bits per heavy atom. The van der Waals surface area contributed by atoms with Crippen molar-refractivity contribution in [2.45, 2.75) is 20.3 Å². The van der Waals surface area contributed by atoms with E-state index in [2.05, 4.69) is 5.32 Å². The molecule has 2 aromatic rings. The van der Waals surface area contributed by atoms with E-state index in [-0.39, 0.29) is 5.91 Å². The molecule has 0 spiro atoms. The number of anilines is 2. The molecule has 1 aliphatic carbocycles. The summed E-state index contributed by atoms with van der Waals surface area (Å²) in [6, 6.07) is 9.17. The maximum absolute atomic E-state index is 13.7. The highest BCUT2D eigenvalue weighted by molar-refractivity contribution is 6.04. The fourth-order valence-electron chi connectivity index (χ4n) is 3.07. The SMILES string of the molecule is CCN(C(=O)C1CC1C(=O)Nc1ccc(F)c(F)c1F)c1cccc(C)c1. The Bertz CT molecular complexity index is 901. The molecule has 2 atom stereocenters. The van der Waals surface area contributed by atoms with Crippen LogP contribution in [0.3, 0.4) is 0 Å². The quantitative estimate of drug-likeness (QED) is 0.801. The maximum Gasteiger partial charge on any atom is 0.230 e. The highest BCUT2D eigenvalue weighted by Gasteiger charge is 2.49. The Hall–Kier alpha value is -2.83. The number of halogens is 3. The van der Waals surface area contributed by atoms with Crippen molar-refractivity contribution in [2.75, 3.05) is 16.8 Å². The third kappa shape index (κ3) is 3.82. The van der Waals surface area contributed by atoms with E-state index < -0.39 is 40.9 Å². The van der Waals surface area contributed by atoms with Gasteiger partial charge in [-0.05, 0) is 50.1 Å². The van der Waals surface area contributed by atoms with Gasteiger partial charge in [0.05, 0.1) is 17.5 Å². The van der Waals surface area contributed by atoms with Crippen LogP contribution >= 0.6 is 0 Å². The molecule has 2 unspecified atom stereocenters. The first-order chi connectivity index (χ1) is 12.8. The number of nitrogens with zero attached hydrogens (tertiary/aromatic N) is 1. The van der Waals surface area contributed by atoms with Gasteiger partial charge in [0.2, 0.25) is 11.8 Å². The van der Waals surface area contributed by atoms with Crippen LogP contribution in [0.25, 0.3) is 0 Å². The van der Waals surface area contributed by atoms with Crippen LogP contribution in [0.5, 0.6) is 0 Å². The lowest BCUT2D eigenvalue weighted by Crippen LogP contribution is -2.33. The first-order valence-corrected chi connectivity index (χ1v) is 8.65. The van der Waals surface area contributed by atoms with Crippen LogP contribution in [-0.4, -0.2) is 18.4 Å². The number of hydrogen-bond acceptors (Lipinski definition) is 2. The predicted molar refractivity (Wildman–Crippen MR) is 95.7 cm³/mol. The molecule has 1 N–H and O–H groups in total. The number of amides is 2. The highest BCUT2D eigenvalue weighted by Crippen LogP contribution is 2.41. The van der Waals surface area contributed by atoms with E-state index >= 15 is 0 Å². The van der Waals surface area contributed by atoms with E-state index in [1.165, 1.54) is 0 Å². The molecule has 27 heavy (non-hydrogen) atoms. The lowest BCUT2D eigenvalue weighted by atomic mass is 10.2. The lowest BCUT2D eigenvalue weighted by molar-refractivity contribution is -0.123. The molecule has 0 saturated heterocycles. The maximum atomic E-state index is 13.7. The largest absolute Gasteiger partial charge is 0.323 e. The topological polar surface area (TPSA) is 49.4 Å². The summed E-state index contributed by atoms with van der Waals surface area (Å²) < 4.78 is 39.9. The Balaban J connectivity index is 1.68. The number of hydrogen-bond donors (Lipinski definition) is 1. The molecule has 0 bridgehead atoms. The summed E-state index contributed by atoms with van der Waals surface area (Å²) in [5, 5.41) is 2.24.